The molecule has 1 unspecified atom stereocenters. The van der Waals surface area contributed by atoms with Crippen molar-refractivity contribution in [1.29, 1.82) is 0 Å². The Bertz CT molecular complexity index is 1290. The molecule has 0 spiro atoms. The molecule has 3 aromatic heterocycles. The van der Waals surface area contributed by atoms with Crippen LogP contribution in [0, 0.1) is 18.6 Å². The van der Waals surface area contributed by atoms with E-state index in [1.54, 1.807) is 6.92 Å². The number of alkyl halides is 3. The van der Waals surface area contributed by atoms with E-state index in [4.69, 9.17) is 15.2 Å². The first-order valence-electron chi connectivity index (χ1n) is 10.6. The van der Waals surface area contributed by atoms with Crippen LogP contribution in [0.5, 0.6) is 11.9 Å². The Morgan fingerprint density at radius 2 is 1.77 bits per heavy atom. The average Bonchev–Trinajstić information content (AvgIpc) is 2.82. The Morgan fingerprint density at radius 1 is 1.03 bits per heavy atom. The van der Waals surface area contributed by atoms with Crippen molar-refractivity contribution in [2.45, 2.75) is 32.5 Å². The maximum atomic E-state index is 15.9. The van der Waals surface area contributed by atoms with E-state index in [1.807, 2.05) is 0 Å². The van der Waals surface area contributed by atoms with Crippen LogP contribution in [0.1, 0.15) is 24.5 Å². The van der Waals surface area contributed by atoms with Gasteiger partial charge >= 0.3 is 12.2 Å². The van der Waals surface area contributed by atoms with Gasteiger partial charge in [0.15, 0.2) is 17.5 Å². The van der Waals surface area contributed by atoms with Crippen molar-refractivity contribution in [3.63, 3.8) is 0 Å². The number of anilines is 2. The van der Waals surface area contributed by atoms with Gasteiger partial charge in [0.05, 0.1) is 18.8 Å². The predicted molar refractivity (Wildman–Crippen MR) is 117 cm³/mol. The van der Waals surface area contributed by atoms with Crippen LogP contribution < -0.4 is 25.8 Å². The first-order valence-corrected chi connectivity index (χ1v) is 10.6. The van der Waals surface area contributed by atoms with Gasteiger partial charge in [-0.15, -0.1) is 0 Å². The lowest BCUT2D eigenvalue weighted by Gasteiger charge is -2.20. The lowest BCUT2D eigenvalue weighted by Crippen LogP contribution is -2.26. The Kier molecular flexibility index (Phi) is 6.49. The van der Waals surface area contributed by atoms with Crippen molar-refractivity contribution in [2.24, 2.45) is 0 Å². The number of nitrogen functional groups attached to an aromatic ring is 1. The van der Waals surface area contributed by atoms with Gasteiger partial charge in [-0.05, 0) is 26.8 Å². The Labute approximate surface area is 196 Å². The summed E-state index contributed by atoms with van der Waals surface area (Å²) in [6.07, 6.45) is -5.02. The predicted octanol–water partition coefficient (Wildman–Crippen LogP) is 3.46. The van der Waals surface area contributed by atoms with Crippen molar-refractivity contribution in [3.05, 3.63) is 22.8 Å². The fourth-order valence-electron chi connectivity index (χ4n) is 3.75. The van der Waals surface area contributed by atoms with Crippen molar-refractivity contribution < 1.29 is 31.4 Å². The smallest absolute Gasteiger partial charge is 0.418 e. The van der Waals surface area contributed by atoms with Gasteiger partial charge in [0.25, 0.3) is 0 Å². The first-order chi connectivity index (χ1) is 16.5. The monoisotopic (exact) mass is 499 g/mol. The highest BCUT2D eigenvalue weighted by Gasteiger charge is 2.40. The molecule has 0 aliphatic carbocycles. The minimum Gasteiger partial charge on any atom is -0.474 e. The number of aromatic nitrogens is 4. The fraction of sp³-hybridized carbons (Fsp3) is 0.429. The number of hydrogen-bond donors (Lipinski definition) is 3. The van der Waals surface area contributed by atoms with E-state index in [0.717, 1.165) is 6.92 Å². The third-order valence-electron chi connectivity index (χ3n) is 5.45. The van der Waals surface area contributed by atoms with Gasteiger partial charge in [0.2, 0.25) is 5.88 Å². The van der Waals surface area contributed by atoms with Crippen LogP contribution in [0.4, 0.5) is 33.6 Å². The standard InChI is InChI=1S/C21H22F5N7O2/c1-8-4-5-28-6-7-29-18-10-14(32-20(33-18)34-3)13(23)16(31-19(10)35-8)15-11(21(24,25)26)9(2)12(22)17(27)30-15/h8,28H,4-7H2,1-3H3,(H2,27,30)(H,29,32,33). The number of ether oxygens (including phenoxy) is 2. The third-order valence-corrected chi connectivity index (χ3v) is 5.45. The largest absolute Gasteiger partial charge is 0.474 e. The summed E-state index contributed by atoms with van der Waals surface area (Å²) >= 11 is 0. The number of pyridine rings is 2. The van der Waals surface area contributed by atoms with Crippen LogP contribution in [0.25, 0.3) is 22.3 Å². The molecule has 0 bridgehead atoms. The summed E-state index contributed by atoms with van der Waals surface area (Å²) in [5, 5.41) is 6.23. The zero-order valence-corrected chi connectivity index (χ0v) is 19.0. The average molecular weight is 499 g/mol. The van der Waals surface area contributed by atoms with Crippen LogP contribution in [-0.4, -0.2) is 52.8 Å². The number of rotatable bonds is 2. The molecule has 4 N–H and O–H groups in total. The van der Waals surface area contributed by atoms with Gasteiger partial charge in [-0.3, -0.25) is 0 Å². The molecule has 0 fully saturated rings. The van der Waals surface area contributed by atoms with E-state index in [0.29, 0.717) is 26.1 Å². The van der Waals surface area contributed by atoms with E-state index in [-0.39, 0.29) is 23.1 Å². The maximum Gasteiger partial charge on any atom is 0.418 e. The Morgan fingerprint density at radius 3 is 2.46 bits per heavy atom. The van der Waals surface area contributed by atoms with Gasteiger partial charge in [-0.1, -0.05) is 0 Å². The lowest BCUT2D eigenvalue weighted by molar-refractivity contribution is -0.137. The van der Waals surface area contributed by atoms with Gasteiger partial charge < -0.3 is 25.8 Å². The van der Waals surface area contributed by atoms with E-state index in [1.165, 1.54) is 7.11 Å². The molecule has 0 saturated carbocycles. The van der Waals surface area contributed by atoms with Crippen LogP contribution in [0.2, 0.25) is 0 Å². The molecule has 0 saturated heterocycles. The van der Waals surface area contributed by atoms with Gasteiger partial charge in [-0.25, -0.2) is 18.7 Å². The van der Waals surface area contributed by atoms with Crippen LogP contribution in [0.3, 0.4) is 0 Å². The molecule has 188 valence electrons. The molecular weight excluding hydrogens is 477 g/mol. The van der Waals surface area contributed by atoms with Crippen molar-refractivity contribution in [2.75, 3.05) is 37.8 Å². The van der Waals surface area contributed by atoms with Gasteiger partial charge in [-0.2, -0.15) is 23.1 Å². The lowest BCUT2D eigenvalue weighted by atomic mass is 10.0. The normalized spacial score (nSPS) is 16.9. The number of nitrogens with zero attached hydrogens (tertiary/aromatic N) is 4. The van der Waals surface area contributed by atoms with Crippen LogP contribution in [-0.2, 0) is 6.18 Å². The molecule has 3 aromatic rings. The first kappa shape index (κ1) is 24.6. The molecular formula is C21H22F5N7O2. The van der Waals surface area contributed by atoms with Crippen LogP contribution in [0.15, 0.2) is 0 Å². The molecule has 0 amide bonds. The summed E-state index contributed by atoms with van der Waals surface area (Å²) < 4.78 is 83.0. The Hall–Kier alpha value is -3.55. The number of methoxy groups -OCH3 is 1. The molecule has 9 nitrogen and oxygen atoms in total. The van der Waals surface area contributed by atoms with E-state index in [9.17, 15) is 17.6 Å². The molecule has 4 rings (SSSR count). The van der Waals surface area contributed by atoms with Gasteiger partial charge in [0.1, 0.15) is 28.1 Å². The molecule has 1 aliphatic heterocycles. The third kappa shape index (κ3) is 4.57. The molecule has 1 atom stereocenters. The number of nitrogens with two attached hydrogens (primary N) is 1. The molecule has 35 heavy (non-hydrogen) atoms. The topological polar surface area (TPSA) is 120 Å². The van der Waals surface area contributed by atoms with Crippen molar-refractivity contribution in [1.82, 2.24) is 25.3 Å². The molecule has 14 heteroatoms. The number of nitrogens with one attached hydrogen (secondary N) is 2. The zero-order chi connectivity index (χ0) is 25.5. The second-order valence-electron chi connectivity index (χ2n) is 7.91. The van der Waals surface area contributed by atoms with Gasteiger partial charge in [0, 0.05) is 18.7 Å². The van der Waals surface area contributed by atoms with Crippen molar-refractivity contribution in [3.8, 4) is 23.3 Å². The summed E-state index contributed by atoms with van der Waals surface area (Å²) in [5.41, 5.74) is 0.934. The summed E-state index contributed by atoms with van der Waals surface area (Å²) in [4.78, 5) is 15.8. The van der Waals surface area contributed by atoms with Crippen LogP contribution >= 0.6 is 0 Å². The highest BCUT2D eigenvalue weighted by molar-refractivity contribution is 5.96. The molecule has 0 aromatic carbocycles. The highest BCUT2D eigenvalue weighted by atomic mass is 19.4. The summed E-state index contributed by atoms with van der Waals surface area (Å²) in [6, 6.07) is -0.239. The van der Waals surface area contributed by atoms with E-state index >= 15 is 4.39 Å². The summed E-state index contributed by atoms with van der Waals surface area (Å²) in [7, 11) is 1.26. The Balaban J connectivity index is 2.10. The van der Waals surface area contributed by atoms with E-state index < -0.39 is 57.8 Å². The summed E-state index contributed by atoms with van der Waals surface area (Å²) in [5.74, 6) is -3.53. The maximum absolute atomic E-state index is 15.9. The minimum atomic E-state index is -5.08. The van der Waals surface area contributed by atoms with Crippen molar-refractivity contribution >= 4 is 22.5 Å². The molecule has 1 aliphatic rings. The number of halogens is 5. The molecule has 0 radical (unpaired) electrons. The fourth-order valence-corrected chi connectivity index (χ4v) is 3.75. The second-order valence-corrected chi connectivity index (χ2v) is 7.91. The number of hydrogen-bond acceptors (Lipinski definition) is 9. The summed E-state index contributed by atoms with van der Waals surface area (Å²) in [6.45, 7) is 4.14. The highest BCUT2D eigenvalue weighted by Crippen LogP contribution is 2.43. The second kappa shape index (κ2) is 9.24. The quantitative estimate of drug-likeness (QED) is 0.456. The molecule has 4 heterocycles. The zero-order valence-electron chi connectivity index (χ0n) is 19.0. The SMILES string of the molecule is COc1nc2c3c(nc(-c4nc(N)c(F)c(C)c4C(F)(F)F)c(F)c3n1)OC(C)CCNCCN2. The van der Waals surface area contributed by atoms with E-state index in [2.05, 4.69) is 30.6 Å². The minimum absolute atomic E-state index is 0.0150.